The number of amidine groups is 1. The number of pyridine rings is 1. The lowest BCUT2D eigenvalue weighted by Crippen LogP contribution is -2.19. The molecule has 4 nitrogen and oxygen atoms in total. The first-order chi connectivity index (χ1) is 9.08. The molecule has 0 atom stereocenters. The Morgan fingerprint density at radius 2 is 2.05 bits per heavy atom. The average molecular weight is 258 g/mol. The number of halogens is 1. The molecule has 0 fully saturated rings. The first-order valence-corrected chi connectivity index (χ1v) is 5.83. The van der Waals surface area contributed by atoms with E-state index in [-0.39, 0.29) is 11.7 Å². The predicted molar refractivity (Wildman–Crippen MR) is 73.8 cm³/mol. The summed E-state index contributed by atoms with van der Waals surface area (Å²) in [6.45, 7) is 0.430. The maximum atomic E-state index is 13.5. The Morgan fingerprint density at radius 1 is 1.32 bits per heavy atom. The summed E-state index contributed by atoms with van der Waals surface area (Å²) in [5.74, 6) is 0.457. The van der Waals surface area contributed by atoms with E-state index < -0.39 is 0 Å². The number of aromatic nitrogens is 1. The number of nitrogens with one attached hydrogen (secondary N) is 1. The molecule has 0 spiro atoms. The van der Waals surface area contributed by atoms with E-state index in [4.69, 9.17) is 11.1 Å². The second-order valence-corrected chi connectivity index (χ2v) is 4.27. The van der Waals surface area contributed by atoms with Crippen LogP contribution in [0.2, 0.25) is 0 Å². The van der Waals surface area contributed by atoms with Gasteiger partial charge in [0.15, 0.2) is 0 Å². The topological polar surface area (TPSA) is 66.0 Å². The van der Waals surface area contributed by atoms with E-state index in [0.29, 0.717) is 23.5 Å². The Morgan fingerprint density at radius 3 is 2.63 bits per heavy atom. The Labute approximate surface area is 111 Å². The zero-order chi connectivity index (χ0) is 13.8. The fourth-order valence-electron chi connectivity index (χ4n) is 1.73. The van der Waals surface area contributed by atoms with E-state index in [0.717, 1.165) is 0 Å². The van der Waals surface area contributed by atoms with Crippen molar-refractivity contribution in [1.82, 2.24) is 4.98 Å². The molecule has 19 heavy (non-hydrogen) atoms. The van der Waals surface area contributed by atoms with Gasteiger partial charge in [-0.1, -0.05) is 18.2 Å². The van der Waals surface area contributed by atoms with Gasteiger partial charge >= 0.3 is 0 Å². The SMILES string of the molecule is CN(Cc1ccccc1F)c1ccc(C(=N)N)cn1. The number of nitrogen functional groups attached to an aromatic ring is 1. The lowest BCUT2D eigenvalue weighted by Gasteiger charge is -2.18. The maximum absolute atomic E-state index is 13.5. The molecular formula is C14H15FN4. The first kappa shape index (κ1) is 13.0. The van der Waals surface area contributed by atoms with Gasteiger partial charge in [0.2, 0.25) is 0 Å². The quantitative estimate of drug-likeness (QED) is 0.652. The molecule has 2 rings (SSSR count). The van der Waals surface area contributed by atoms with Crippen LogP contribution in [0.15, 0.2) is 42.6 Å². The van der Waals surface area contributed by atoms with Crippen molar-refractivity contribution >= 4 is 11.7 Å². The summed E-state index contributed by atoms with van der Waals surface area (Å²) in [4.78, 5) is 6.04. The van der Waals surface area contributed by atoms with E-state index >= 15 is 0 Å². The van der Waals surface area contributed by atoms with Gasteiger partial charge in [0, 0.05) is 30.9 Å². The molecule has 0 saturated heterocycles. The molecular weight excluding hydrogens is 243 g/mol. The molecule has 1 aromatic heterocycles. The number of nitrogens with zero attached hydrogens (tertiary/aromatic N) is 2. The van der Waals surface area contributed by atoms with Crippen molar-refractivity contribution in [1.29, 1.82) is 5.41 Å². The van der Waals surface area contributed by atoms with Crippen molar-refractivity contribution in [2.75, 3.05) is 11.9 Å². The van der Waals surface area contributed by atoms with Crippen molar-refractivity contribution in [2.24, 2.45) is 5.73 Å². The molecule has 0 saturated carbocycles. The second-order valence-electron chi connectivity index (χ2n) is 4.27. The molecule has 0 bridgehead atoms. The largest absolute Gasteiger partial charge is 0.384 e. The van der Waals surface area contributed by atoms with Crippen LogP contribution in [0.5, 0.6) is 0 Å². The molecule has 98 valence electrons. The third-order valence-electron chi connectivity index (χ3n) is 2.82. The zero-order valence-corrected chi connectivity index (χ0v) is 10.6. The van der Waals surface area contributed by atoms with Crippen LogP contribution < -0.4 is 10.6 Å². The summed E-state index contributed by atoms with van der Waals surface area (Å²) in [7, 11) is 1.84. The van der Waals surface area contributed by atoms with Gasteiger partial charge in [-0.25, -0.2) is 9.37 Å². The molecule has 0 unspecified atom stereocenters. The van der Waals surface area contributed by atoms with Crippen molar-refractivity contribution in [3.8, 4) is 0 Å². The van der Waals surface area contributed by atoms with E-state index in [1.54, 1.807) is 30.3 Å². The van der Waals surface area contributed by atoms with Gasteiger partial charge in [0.05, 0.1) is 0 Å². The van der Waals surface area contributed by atoms with Crippen molar-refractivity contribution in [2.45, 2.75) is 6.54 Å². The van der Waals surface area contributed by atoms with E-state index in [1.807, 2.05) is 11.9 Å². The molecule has 0 radical (unpaired) electrons. The minimum atomic E-state index is -0.227. The van der Waals surface area contributed by atoms with Crippen LogP contribution in [-0.4, -0.2) is 17.9 Å². The zero-order valence-electron chi connectivity index (χ0n) is 10.6. The third-order valence-corrected chi connectivity index (χ3v) is 2.82. The summed E-state index contributed by atoms with van der Waals surface area (Å²) < 4.78 is 13.5. The van der Waals surface area contributed by atoms with Gasteiger partial charge in [-0.05, 0) is 18.2 Å². The number of rotatable bonds is 4. The van der Waals surface area contributed by atoms with Crippen LogP contribution in [0.3, 0.4) is 0 Å². The van der Waals surface area contributed by atoms with Crippen LogP contribution >= 0.6 is 0 Å². The molecule has 1 aromatic carbocycles. The lowest BCUT2D eigenvalue weighted by atomic mass is 10.2. The smallest absolute Gasteiger partial charge is 0.128 e. The molecule has 3 N–H and O–H groups in total. The second kappa shape index (κ2) is 5.48. The Kier molecular flexibility index (Phi) is 3.75. The number of hydrogen-bond acceptors (Lipinski definition) is 3. The number of benzene rings is 1. The third kappa shape index (κ3) is 3.07. The van der Waals surface area contributed by atoms with Crippen molar-refractivity contribution in [3.63, 3.8) is 0 Å². The maximum Gasteiger partial charge on any atom is 0.128 e. The monoisotopic (exact) mass is 258 g/mol. The lowest BCUT2D eigenvalue weighted by molar-refractivity contribution is 0.607. The van der Waals surface area contributed by atoms with Gasteiger partial charge < -0.3 is 10.6 Å². The Balaban J connectivity index is 2.14. The van der Waals surface area contributed by atoms with Gasteiger partial charge in [-0.15, -0.1) is 0 Å². The first-order valence-electron chi connectivity index (χ1n) is 5.83. The summed E-state index contributed by atoms with van der Waals surface area (Å²) in [6, 6.07) is 10.1. The van der Waals surface area contributed by atoms with Crippen LogP contribution in [0, 0.1) is 11.2 Å². The highest BCUT2D eigenvalue weighted by atomic mass is 19.1. The van der Waals surface area contributed by atoms with Crippen LogP contribution in [0.25, 0.3) is 0 Å². The van der Waals surface area contributed by atoms with Crippen LogP contribution in [0.4, 0.5) is 10.2 Å². The van der Waals surface area contributed by atoms with Crippen LogP contribution in [-0.2, 0) is 6.54 Å². The van der Waals surface area contributed by atoms with E-state index in [9.17, 15) is 4.39 Å². The van der Waals surface area contributed by atoms with Crippen molar-refractivity contribution < 1.29 is 4.39 Å². The summed E-state index contributed by atoms with van der Waals surface area (Å²) in [5.41, 5.74) is 6.55. The highest BCUT2D eigenvalue weighted by Gasteiger charge is 2.07. The highest BCUT2D eigenvalue weighted by Crippen LogP contribution is 2.15. The molecule has 2 aromatic rings. The summed E-state index contributed by atoms with van der Waals surface area (Å²) in [6.07, 6.45) is 1.54. The number of hydrogen-bond donors (Lipinski definition) is 2. The Hall–Kier alpha value is -2.43. The minimum Gasteiger partial charge on any atom is -0.384 e. The van der Waals surface area contributed by atoms with Gasteiger partial charge in [-0.2, -0.15) is 0 Å². The fraction of sp³-hybridized carbons (Fsp3) is 0.143. The normalized spacial score (nSPS) is 10.2. The van der Waals surface area contributed by atoms with Gasteiger partial charge in [0.25, 0.3) is 0 Å². The molecule has 1 heterocycles. The van der Waals surface area contributed by atoms with E-state index in [1.165, 1.54) is 12.3 Å². The summed E-state index contributed by atoms with van der Waals surface area (Å²) in [5, 5.41) is 7.30. The highest BCUT2D eigenvalue weighted by molar-refractivity contribution is 5.94. The minimum absolute atomic E-state index is 0.0178. The standard InChI is InChI=1S/C14H15FN4/c1-19(9-11-4-2-3-5-12(11)15)13-7-6-10(8-18-13)14(16)17/h2-8H,9H2,1H3,(H3,16,17). The van der Waals surface area contributed by atoms with Crippen LogP contribution in [0.1, 0.15) is 11.1 Å². The molecule has 0 aliphatic heterocycles. The fourth-order valence-corrected chi connectivity index (χ4v) is 1.73. The average Bonchev–Trinajstić information content (AvgIpc) is 2.41. The molecule has 5 heteroatoms. The van der Waals surface area contributed by atoms with Gasteiger partial charge in [-0.3, -0.25) is 5.41 Å². The van der Waals surface area contributed by atoms with Crippen molar-refractivity contribution in [3.05, 3.63) is 59.5 Å². The Bertz CT molecular complexity index is 580. The predicted octanol–water partition coefficient (Wildman–Crippen LogP) is 2.14. The molecule has 0 amide bonds. The van der Waals surface area contributed by atoms with Gasteiger partial charge in [0.1, 0.15) is 17.5 Å². The molecule has 0 aliphatic carbocycles. The number of anilines is 1. The van der Waals surface area contributed by atoms with E-state index in [2.05, 4.69) is 4.98 Å². The summed E-state index contributed by atoms with van der Waals surface area (Å²) >= 11 is 0. The molecule has 0 aliphatic rings. The number of nitrogens with two attached hydrogens (primary N) is 1.